The summed E-state index contributed by atoms with van der Waals surface area (Å²) < 4.78 is 17.5. The Balaban J connectivity index is 1.93. The molecular formula is C17H18FNO2. The molecule has 4 heteroatoms. The minimum Gasteiger partial charge on any atom is -0.465 e. The fourth-order valence-electron chi connectivity index (χ4n) is 2.02. The number of halogens is 1. The molecule has 0 saturated carbocycles. The summed E-state index contributed by atoms with van der Waals surface area (Å²) in [7, 11) is 1.36. The Morgan fingerprint density at radius 2 is 1.76 bits per heavy atom. The third kappa shape index (κ3) is 4.13. The summed E-state index contributed by atoms with van der Waals surface area (Å²) >= 11 is 0. The van der Waals surface area contributed by atoms with Crippen molar-refractivity contribution in [2.24, 2.45) is 0 Å². The Labute approximate surface area is 123 Å². The number of ether oxygens (including phenoxy) is 1. The average Bonchev–Trinajstić information content (AvgIpc) is 2.53. The van der Waals surface area contributed by atoms with Crippen LogP contribution in [0.5, 0.6) is 0 Å². The van der Waals surface area contributed by atoms with Crippen LogP contribution >= 0.6 is 0 Å². The van der Waals surface area contributed by atoms with Gasteiger partial charge in [-0.15, -0.1) is 0 Å². The van der Waals surface area contributed by atoms with Gasteiger partial charge in [0.15, 0.2) is 0 Å². The van der Waals surface area contributed by atoms with Gasteiger partial charge in [0.1, 0.15) is 5.82 Å². The largest absolute Gasteiger partial charge is 0.465 e. The molecule has 0 amide bonds. The van der Waals surface area contributed by atoms with Crippen LogP contribution in [0.15, 0.2) is 48.5 Å². The highest BCUT2D eigenvalue weighted by atomic mass is 19.1. The molecule has 3 nitrogen and oxygen atoms in total. The standard InChI is InChI=1S/C17H18FNO2/c1-12(14-7-9-16(18)10-8-14)19-11-13-3-5-15(6-4-13)17(20)21-2/h3-10,12,19H,11H2,1-2H3/t12-/m1/s1. The first-order valence-corrected chi connectivity index (χ1v) is 6.76. The van der Waals surface area contributed by atoms with Crippen molar-refractivity contribution in [2.75, 3.05) is 7.11 Å². The lowest BCUT2D eigenvalue weighted by Gasteiger charge is -2.14. The van der Waals surface area contributed by atoms with Crippen molar-refractivity contribution in [3.63, 3.8) is 0 Å². The van der Waals surface area contributed by atoms with Crippen molar-refractivity contribution < 1.29 is 13.9 Å². The topological polar surface area (TPSA) is 38.3 Å². The first kappa shape index (κ1) is 15.2. The summed E-state index contributed by atoms with van der Waals surface area (Å²) in [5.74, 6) is -0.571. The van der Waals surface area contributed by atoms with Gasteiger partial charge < -0.3 is 10.1 Å². The van der Waals surface area contributed by atoms with Gasteiger partial charge in [0, 0.05) is 12.6 Å². The zero-order chi connectivity index (χ0) is 15.2. The van der Waals surface area contributed by atoms with Crippen LogP contribution < -0.4 is 5.32 Å². The fourth-order valence-corrected chi connectivity index (χ4v) is 2.02. The van der Waals surface area contributed by atoms with E-state index in [9.17, 15) is 9.18 Å². The lowest BCUT2D eigenvalue weighted by atomic mass is 10.1. The number of nitrogens with one attached hydrogen (secondary N) is 1. The molecule has 0 fully saturated rings. The summed E-state index contributed by atoms with van der Waals surface area (Å²) in [6.07, 6.45) is 0. The molecule has 0 aliphatic rings. The first-order chi connectivity index (χ1) is 10.1. The van der Waals surface area contributed by atoms with E-state index in [4.69, 9.17) is 0 Å². The maximum atomic E-state index is 12.9. The van der Waals surface area contributed by atoms with Gasteiger partial charge in [-0.2, -0.15) is 0 Å². The summed E-state index contributed by atoms with van der Waals surface area (Å²) in [5.41, 5.74) is 2.63. The van der Waals surface area contributed by atoms with E-state index in [1.165, 1.54) is 19.2 Å². The zero-order valence-corrected chi connectivity index (χ0v) is 12.1. The van der Waals surface area contributed by atoms with Crippen molar-refractivity contribution in [3.05, 3.63) is 71.0 Å². The molecule has 0 bridgehead atoms. The Bertz CT molecular complexity index is 593. The van der Waals surface area contributed by atoms with Gasteiger partial charge in [0.25, 0.3) is 0 Å². The minimum atomic E-state index is -0.339. The number of rotatable bonds is 5. The number of methoxy groups -OCH3 is 1. The Morgan fingerprint density at radius 3 is 2.33 bits per heavy atom. The molecule has 2 aromatic rings. The molecule has 1 atom stereocenters. The molecule has 2 aromatic carbocycles. The Morgan fingerprint density at radius 1 is 1.14 bits per heavy atom. The van der Waals surface area contributed by atoms with E-state index >= 15 is 0 Å². The maximum Gasteiger partial charge on any atom is 0.337 e. The molecule has 0 aliphatic carbocycles. The Hall–Kier alpha value is -2.20. The van der Waals surface area contributed by atoms with Crippen LogP contribution in [-0.2, 0) is 11.3 Å². The van der Waals surface area contributed by atoms with E-state index in [-0.39, 0.29) is 17.8 Å². The number of benzene rings is 2. The predicted molar refractivity (Wildman–Crippen MR) is 79.4 cm³/mol. The van der Waals surface area contributed by atoms with Crippen molar-refractivity contribution >= 4 is 5.97 Å². The summed E-state index contributed by atoms with van der Waals surface area (Å²) in [6.45, 7) is 2.69. The van der Waals surface area contributed by atoms with E-state index in [0.29, 0.717) is 12.1 Å². The second kappa shape index (κ2) is 6.99. The molecule has 1 N–H and O–H groups in total. The lowest BCUT2D eigenvalue weighted by Crippen LogP contribution is -2.18. The van der Waals surface area contributed by atoms with Crippen molar-refractivity contribution in [1.82, 2.24) is 5.32 Å². The highest BCUT2D eigenvalue weighted by Gasteiger charge is 2.07. The third-order valence-electron chi connectivity index (χ3n) is 3.36. The monoisotopic (exact) mass is 287 g/mol. The van der Waals surface area contributed by atoms with Crippen LogP contribution in [0.3, 0.4) is 0 Å². The van der Waals surface area contributed by atoms with Crippen molar-refractivity contribution in [3.8, 4) is 0 Å². The van der Waals surface area contributed by atoms with E-state index in [0.717, 1.165) is 11.1 Å². The quantitative estimate of drug-likeness (QED) is 0.856. The molecule has 0 spiro atoms. The predicted octanol–water partition coefficient (Wildman–Crippen LogP) is 3.46. The van der Waals surface area contributed by atoms with Crippen LogP contribution in [0.1, 0.15) is 34.5 Å². The Kier molecular flexibility index (Phi) is 5.06. The van der Waals surface area contributed by atoms with Crippen LogP contribution in [0, 0.1) is 5.82 Å². The van der Waals surface area contributed by atoms with Gasteiger partial charge in [-0.05, 0) is 42.3 Å². The zero-order valence-electron chi connectivity index (χ0n) is 12.1. The van der Waals surface area contributed by atoms with Crippen LogP contribution in [0.4, 0.5) is 4.39 Å². The molecule has 0 radical (unpaired) electrons. The summed E-state index contributed by atoms with van der Waals surface area (Å²) in [5, 5.41) is 3.36. The van der Waals surface area contributed by atoms with Crippen LogP contribution in [0.25, 0.3) is 0 Å². The molecule has 0 saturated heterocycles. The van der Waals surface area contributed by atoms with Gasteiger partial charge in [0.05, 0.1) is 12.7 Å². The van der Waals surface area contributed by atoms with Gasteiger partial charge in [-0.3, -0.25) is 0 Å². The van der Waals surface area contributed by atoms with Crippen LogP contribution in [-0.4, -0.2) is 13.1 Å². The molecule has 21 heavy (non-hydrogen) atoms. The molecule has 0 aliphatic heterocycles. The summed E-state index contributed by atoms with van der Waals surface area (Å²) in [6, 6.07) is 13.8. The van der Waals surface area contributed by atoms with Gasteiger partial charge >= 0.3 is 5.97 Å². The third-order valence-corrected chi connectivity index (χ3v) is 3.36. The molecule has 110 valence electrons. The van der Waals surface area contributed by atoms with Gasteiger partial charge in [0.2, 0.25) is 0 Å². The number of hydrogen-bond acceptors (Lipinski definition) is 3. The van der Waals surface area contributed by atoms with E-state index in [1.54, 1.807) is 24.3 Å². The first-order valence-electron chi connectivity index (χ1n) is 6.76. The second-order valence-electron chi connectivity index (χ2n) is 4.84. The summed E-state index contributed by atoms with van der Waals surface area (Å²) in [4.78, 5) is 11.3. The van der Waals surface area contributed by atoms with E-state index in [1.807, 2.05) is 19.1 Å². The number of hydrogen-bond donors (Lipinski definition) is 1. The fraction of sp³-hybridized carbons (Fsp3) is 0.235. The van der Waals surface area contributed by atoms with Gasteiger partial charge in [-0.25, -0.2) is 9.18 Å². The lowest BCUT2D eigenvalue weighted by molar-refractivity contribution is 0.0600. The van der Waals surface area contributed by atoms with Gasteiger partial charge in [-0.1, -0.05) is 24.3 Å². The number of carbonyl (C=O) groups is 1. The number of carbonyl (C=O) groups excluding carboxylic acids is 1. The highest BCUT2D eigenvalue weighted by molar-refractivity contribution is 5.89. The van der Waals surface area contributed by atoms with E-state index in [2.05, 4.69) is 10.1 Å². The van der Waals surface area contributed by atoms with Crippen LogP contribution in [0.2, 0.25) is 0 Å². The second-order valence-corrected chi connectivity index (χ2v) is 4.84. The highest BCUT2D eigenvalue weighted by Crippen LogP contribution is 2.14. The van der Waals surface area contributed by atoms with Crippen molar-refractivity contribution in [2.45, 2.75) is 19.5 Å². The normalized spacial score (nSPS) is 12.0. The van der Waals surface area contributed by atoms with E-state index < -0.39 is 0 Å². The molecular weight excluding hydrogens is 269 g/mol. The molecule has 0 unspecified atom stereocenters. The molecule has 2 rings (SSSR count). The average molecular weight is 287 g/mol. The number of esters is 1. The maximum absolute atomic E-state index is 12.9. The molecule has 0 heterocycles. The SMILES string of the molecule is COC(=O)c1ccc(CN[C@H](C)c2ccc(F)cc2)cc1. The minimum absolute atomic E-state index is 0.117. The molecule has 0 aromatic heterocycles. The van der Waals surface area contributed by atoms with Crippen molar-refractivity contribution in [1.29, 1.82) is 0 Å². The smallest absolute Gasteiger partial charge is 0.337 e.